The molecule has 98 valence electrons. The third-order valence-electron chi connectivity index (χ3n) is 3.34. The van der Waals surface area contributed by atoms with E-state index in [0.717, 1.165) is 10.5 Å². The first kappa shape index (κ1) is 12.2. The van der Waals surface area contributed by atoms with Crippen molar-refractivity contribution in [3.05, 3.63) is 40.7 Å². The van der Waals surface area contributed by atoms with Gasteiger partial charge < -0.3 is 10.0 Å². The Kier molecular flexibility index (Phi) is 3.02. The second kappa shape index (κ2) is 4.70. The lowest BCUT2D eigenvalue weighted by atomic mass is 10.0. The number of rotatable bonds is 4. The Hall–Kier alpha value is -1.82. The largest absolute Gasteiger partial charge is 0.477 e. The number of carboxylic acids is 1. The number of nitrogens with zero attached hydrogens (tertiary/aromatic N) is 2. The SMILES string of the molecule is O=C(O)C1=C(SCc2ccncc2)CC2CC(=O)N12. The van der Waals surface area contributed by atoms with Crippen molar-refractivity contribution in [3.63, 3.8) is 0 Å². The highest BCUT2D eigenvalue weighted by Gasteiger charge is 2.47. The second-order valence-corrected chi connectivity index (χ2v) is 5.62. The van der Waals surface area contributed by atoms with E-state index in [4.69, 9.17) is 0 Å². The molecule has 3 rings (SSSR count). The Bertz CT molecular complexity index is 571. The maximum Gasteiger partial charge on any atom is 0.353 e. The number of hydrogen-bond donors (Lipinski definition) is 1. The number of aliphatic carboxylic acids is 1. The zero-order valence-electron chi connectivity index (χ0n) is 10.1. The fourth-order valence-corrected chi connectivity index (χ4v) is 3.56. The van der Waals surface area contributed by atoms with Crippen LogP contribution in [0.5, 0.6) is 0 Å². The van der Waals surface area contributed by atoms with Crippen LogP contribution in [-0.2, 0) is 15.3 Å². The quantitative estimate of drug-likeness (QED) is 0.846. The van der Waals surface area contributed by atoms with E-state index >= 15 is 0 Å². The van der Waals surface area contributed by atoms with Crippen LogP contribution in [0.25, 0.3) is 0 Å². The van der Waals surface area contributed by atoms with Crippen LogP contribution >= 0.6 is 11.8 Å². The number of pyridine rings is 1. The molecule has 3 heterocycles. The first-order valence-corrected chi connectivity index (χ1v) is 6.95. The summed E-state index contributed by atoms with van der Waals surface area (Å²) in [5.41, 5.74) is 1.28. The van der Waals surface area contributed by atoms with Gasteiger partial charge in [0.25, 0.3) is 0 Å². The molecule has 0 spiro atoms. The Morgan fingerprint density at radius 3 is 2.79 bits per heavy atom. The number of hydrogen-bond acceptors (Lipinski definition) is 4. The van der Waals surface area contributed by atoms with E-state index in [1.807, 2.05) is 12.1 Å². The van der Waals surface area contributed by atoms with Crippen LogP contribution in [0.1, 0.15) is 18.4 Å². The number of amides is 1. The number of carbonyl (C=O) groups excluding carboxylic acids is 1. The molecule has 6 heteroatoms. The van der Waals surface area contributed by atoms with E-state index in [1.54, 1.807) is 12.4 Å². The van der Waals surface area contributed by atoms with E-state index in [1.165, 1.54) is 16.7 Å². The minimum atomic E-state index is -1.01. The average molecular weight is 276 g/mol. The van der Waals surface area contributed by atoms with Gasteiger partial charge in [0.2, 0.25) is 5.91 Å². The molecule has 1 aromatic rings. The molecule has 19 heavy (non-hydrogen) atoms. The highest BCUT2D eigenvalue weighted by atomic mass is 32.2. The van der Waals surface area contributed by atoms with Gasteiger partial charge in [-0.3, -0.25) is 9.78 Å². The van der Waals surface area contributed by atoms with Crippen LogP contribution in [0.2, 0.25) is 0 Å². The van der Waals surface area contributed by atoms with Crippen LogP contribution in [0.15, 0.2) is 35.1 Å². The molecule has 1 atom stereocenters. The van der Waals surface area contributed by atoms with Crippen molar-refractivity contribution in [3.8, 4) is 0 Å². The molecule has 0 radical (unpaired) electrons. The summed E-state index contributed by atoms with van der Waals surface area (Å²) in [7, 11) is 0. The average Bonchev–Trinajstić information content (AvgIpc) is 2.70. The van der Waals surface area contributed by atoms with Gasteiger partial charge in [0.1, 0.15) is 5.70 Å². The molecule has 1 fully saturated rings. The van der Waals surface area contributed by atoms with E-state index in [9.17, 15) is 14.7 Å². The van der Waals surface area contributed by atoms with E-state index in [-0.39, 0.29) is 17.6 Å². The van der Waals surface area contributed by atoms with Gasteiger partial charge in [0.15, 0.2) is 0 Å². The minimum Gasteiger partial charge on any atom is -0.477 e. The molecule has 0 aromatic carbocycles. The van der Waals surface area contributed by atoms with Crippen molar-refractivity contribution < 1.29 is 14.7 Å². The van der Waals surface area contributed by atoms with Crippen LogP contribution < -0.4 is 0 Å². The fraction of sp³-hybridized carbons (Fsp3) is 0.308. The summed E-state index contributed by atoms with van der Waals surface area (Å²) in [6.45, 7) is 0. The molecular formula is C13H12N2O3S. The molecule has 1 amide bonds. The van der Waals surface area contributed by atoms with Gasteiger partial charge >= 0.3 is 5.97 Å². The Labute approximate surface area is 114 Å². The molecular weight excluding hydrogens is 264 g/mol. The molecule has 1 unspecified atom stereocenters. The number of fused-ring (bicyclic) bond motifs is 1. The van der Waals surface area contributed by atoms with E-state index in [0.29, 0.717) is 18.6 Å². The lowest BCUT2D eigenvalue weighted by molar-refractivity contribution is -0.147. The summed E-state index contributed by atoms with van der Waals surface area (Å²) in [5.74, 6) is -0.390. The van der Waals surface area contributed by atoms with Gasteiger partial charge in [-0.1, -0.05) is 0 Å². The molecule has 0 saturated carbocycles. The molecule has 2 aliphatic heterocycles. The number of carboxylic acid groups (broad SMARTS) is 1. The first-order valence-electron chi connectivity index (χ1n) is 5.97. The number of carbonyl (C=O) groups is 2. The molecule has 2 aliphatic rings. The Balaban J connectivity index is 1.77. The molecule has 0 aliphatic carbocycles. The van der Waals surface area contributed by atoms with Gasteiger partial charge in [-0.15, -0.1) is 11.8 Å². The van der Waals surface area contributed by atoms with Gasteiger partial charge in [0, 0.05) is 35.9 Å². The van der Waals surface area contributed by atoms with Crippen molar-refractivity contribution in [2.24, 2.45) is 0 Å². The van der Waals surface area contributed by atoms with Crippen LogP contribution in [0, 0.1) is 0 Å². The van der Waals surface area contributed by atoms with Crippen LogP contribution in [0.3, 0.4) is 0 Å². The van der Waals surface area contributed by atoms with Crippen molar-refractivity contribution >= 4 is 23.6 Å². The molecule has 5 nitrogen and oxygen atoms in total. The summed E-state index contributed by atoms with van der Waals surface area (Å²) in [6, 6.07) is 3.88. The van der Waals surface area contributed by atoms with Crippen molar-refractivity contribution in [2.75, 3.05) is 0 Å². The minimum absolute atomic E-state index is 0.0681. The number of aromatic nitrogens is 1. The van der Waals surface area contributed by atoms with Gasteiger partial charge in [0.05, 0.1) is 6.04 Å². The molecule has 1 aromatic heterocycles. The van der Waals surface area contributed by atoms with E-state index in [2.05, 4.69) is 4.98 Å². The smallest absolute Gasteiger partial charge is 0.353 e. The van der Waals surface area contributed by atoms with Crippen molar-refractivity contribution in [1.29, 1.82) is 0 Å². The number of β-lactam (4-membered cyclic amide) rings is 1. The lowest BCUT2D eigenvalue weighted by Crippen LogP contribution is -2.49. The maximum atomic E-state index is 11.5. The summed E-state index contributed by atoms with van der Waals surface area (Å²) in [4.78, 5) is 28.9. The standard InChI is InChI=1S/C13H12N2O3S/c16-11-6-9-5-10(12(13(17)18)15(9)11)19-7-8-1-3-14-4-2-8/h1-4,9H,5-7H2,(H,17,18). The highest BCUT2D eigenvalue weighted by Crippen LogP contribution is 2.43. The van der Waals surface area contributed by atoms with E-state index < -0.39 is 5.97 Å². The second-order valence-electron chi connectivity index (χ2n) is 4.55. The van der Waals surface area contributed by atoms with Gasteiger partial charge in [-0.05, 0) is 17.7 Å². The Morgan fingerprint density at radius 1 is 1.42 bits per heavy atom. The summed E-state index contributed by atoms with van der Waals surface area (Å²) in [6.07, 6.45) is 4.57. The normalized spacial score (nSPS) is 21.4. The topological polar surface area (TPSA) is 70.5 Å². The van der Waals surface area contributed by atoms with Crippen LogP contribution in [0.4, 0.5) is 0 Å². The van der Waals surface area contributed by atoms with Gasteiger partial charge in [-0.2, -0.15) is 0 Å². The lowest BCUT2D eigenvalue weighted by Gasteiger charge is -2.34. The predicted molar refractivity (Wildman–Crippen MR) is 70.1 cm³/mol. The van der Waals surface area contributed by atoms with Crippen LogP contribution in [-0.4, -0.2) is 32.9 Å². The zero-order valence-corrected chi connectivity index (χ0v) is 10.9. The zero-order chi connectivity index (χ0) is 13.4. The third kappa shape index (κ3) is 2.12. The fourth-order valence-electron chi connectivity index (χ4n) is 2.40. The predicted octanol–water partition coefficient (Wildman–Crippen LogP) is 1.62. The van der Waals surface area contributed by atoms with Gasteiger partial charge in [-0.25, -0.2) is 4.79 Å². The molecule has 1 N–H and O–H groups in total. The molecule has 1 saturated heterocycles. The highest BCUT2D eigenvalue weighted by molar-refractivity contribution is 8.02. The molecule has 0 bridgehead atoms. The summed E-state index contributed by atoms with van der Waals surface area (Å²) < 4.78 is 0. The maximum absolute atomic E-state index is 11.5. The summed E-state index contributed by atoms with van der Waals surface area (Å²) in [5, 5.41) is 9.25. The monoisotopic (exact) mass is 276 g/mol. The first-order chi connectivity index (χ1) is 9.16. The summed E-state index contributed by atoms with van der Waals surface area (Å²) >= 11 is 1.50. The van der Waals surface area contributed by atoms with Crippen molar-refractivity contribution in [1.82, 2.24) is 9.88 Å². The third-order valence-corrected chi connectivity index (χ3v) is 4.52. The number of thioether (sulfide) groups is 1. The van der Waals surface area contributed by atoms with Crippen molar-refractivity contribution in [2.45, 2.75) is 24.6 Å². The Morgan fingerprint density at radius 2 is 2.16 bits per heavy atom.